The third kappa shape index (κ3) is 5.27. The largest absolute Gasteiger partial charge is 0.365 e. The molecule has 10 heavy (non-hydrogen) atoms. The highest BCUT2D eigenvalue weighted by Crippen LogP contribution is 1.78. The lowest BCUT2D eigenvalue weighted by molar-refractivity contribution is -0.116. The number of nitrogens with one attached hydrogen (secondary N) is 1. The van der Waals surface area contributed by atoms with Gasteiger partial charge in [-0.3, -0.25) is 4.79 Å². The summed E-state index contributed by atoms with van der Waals surface area (Å²) in [6.45, 7) is 2.31. The molecule has 0 rings (SSSR count). The van der Waals surface area contributed by atoms with E-state index in [1.54, 1.807) is 6.92 Å². The van der Waals surface area contributed by atoms with Crippen LogP contribution in [-0.4, -0.2) is 29.0 Å². The van der Waals surface area contributed by atoms with Crippen LogP contribution < -0.4 is 5.32 Å². The standard InChI is InChI=1S/C6H11NO3/c1-2-7-5(8)3-4-6(9)10/h3-4,6,9-10H,2H2,1H3,(H,7,8). The molecular formula is C6H11NO3. The summed E-state index contributed by atoms with van der Waals surface area (Å²) in [5.41, 5.74) is 0. The minimum atomic E-state index is -1.55. The Morgan fingerprint density at radius 3 is 2.70 bits per heavy atom. The summed E-state index contributed by atoms with van der Waals surface area (Å²) < 4.78 is 0. The quantitative estimate of drug-likeness (QED) is 0.352. The molecule has 0 spiro atoms. The molecule has 4 heteroatoms. The van der Waals surface area contributed by atoms with Gasteiger partial charge in [-0.15, -0.1) is 0 Å². The maximum atomic E-state index is 10.5. The van der Waals surface area contributed by atoms with E-state index in [9.17, 15) is 4.79 Å². The molecule has 3 N–H and O–H groups in total. The Bertz CT molecular complexity index is 131. The van der Waals surface area contributed by atoms with Crippen molar-refractivity contribution in [3.05, 3.63) is 12.2 Å². The van der Waals surface area contributed by atoms with Crippen molar-refractivity contribution in [3.8, 4) is 0 Å². The van der Waals surface area contributed by atoms with E-state index in [4.69, 9.17) is 10.2 Å². The Morgan fingerprint density at radius 1 is 1.70 bits per heavy atom. The molecule has 0 fully saturated rings. The third-order valence-electron chi connectivity index (χ3n) is 0.771. The van der Waals surface area contributed by atoms with E-state index in [-0.39, 0.29) is 5.91 Å². The molecule has 0 heterocycles. The van der Waals surface area contributed by atoms with Crippen molar-refractivity contribution in [1.82, 2.24) is 5.32 Å². The van der Waals surface area contributed by atoms with Crippen LogP contribution in [-0.2, 0) is 4.79 Å². The van der Waals surface area contributed by atoms with E-state index in [1.165, 1.54) is 0 Å². The molecule has 4 nitrogen and oxygen atoms in total. The number of hydrogen-bond donors (Lipinski definition) is 3. The topological polar surface area (TPSA) is 69.6 Å². The van der Waals surface area contributed by atoms with Crippen LogP contribution in [0.4, 0.5) is 0 Å². The van der Waals surface area contributed by atoms with E-state index >= 15 is 0 Å². The zero-order valence-corrected chi connectivity index (χ0v) is 5.74. The van der Waals surface area contributed by atoms with Gasteiger partial charge >= 0.3 is 0 Å². The molecule has 1 amide bonds. The maximum Gasteiger partial charge on any atom is 0.243 e. The molecule has 0 saturated carbocycles. The van der Waals surface area contributed by atoms with E-state index in [0.717, 1.165) is 12.2 Å². The summed E-state index contributed by atoms with van der Waals surface area (Å²) in [4.78, 5) is 10.5. The first-order chi connectivity index (χ1) is 4.66. The van der Waals surface area contributed by atoms with Crippen molar-refractivity contribution in [2.45, 2.75) is 13.2 Å². The van der Waals surface area contributed by atoms with Crippen molar-refractivity contribution < 1.29 is 15.0 Å². The van der Waals surface area contributed by atoms with Gasteiger partial charge in [0.05, 0.1) is 0 Å². The van der Waals surface area contributed by atoms with Crippen LogP contribution in [0.3, 0.4) is 0 Å². The van der Waals surface area contributed by atoms with Crippen LogP contribution >= 0.6 is 0 Å². The summed E-state index contributed by atoms with van der Waals surface area (Å²) in [5.74, 6) is -0.324. The number of hydrogen-bond acceptors (Lipinski definition) is 3. The zero-order chi connectivity index (χ0) is 7.98. The fourth-order valence-corrected chi connectivity index (χ4v) is 0.407. The number of carbonyl (C=O) groups is 1. The van der Waals surface area contributed by atoms with Gasteiger partial charge in [0.2, 0.25) is 5.91 Å². The Hall–Kier alpha value is -0.870. The first kappa shape index (κ1) is 9.13. The van der Waals surface area contributed by atoms with Gasteiger partial charge in [0.1, 0.15) is 0 Å². The SMILES string of the molecule is CCNC(=O)C=CC(O)O. The van der Waals surface area contributed by atoms with E-state index in [1.807, 2.05) is 0 Å². The van der Waals surface area contributed by atoms with Gasteiger partial charge in [0.25, 0.3) is 0 Å². The van der Waals surface area contributed by atoms with Crippen LogP contribution in [0.5, 0.6) is 0 Å². The second-order valence-corrected chi connectivity index (χ2v) is 1.67. The first-order valence-corrected chi connectivity index (χ1v) is 2.99. The Labute approximate surface area is 59.2 Å². The van der Waals surface area contributed by atoms with Crippen LogP contribution in [0.25, 0.3) is 0 Å². The number of rotatable bonds is 3. The molecule has 0 aliphatic rings. The van der Waals surface area contributed by atoms with Gasteiger partial charge in [-0.2, -0.15) is 0 Å². The molecule has 0 aliphatic heterocycles. The molecule has 0 atom stereocenters. The highest BCUT2D eigenvalue weighted by atomic mass is 16.5. The van der Waals surface area contributed by atoms with Gasteiger partial charge in [-0.05, 0) is 13.0 Å². The Kier molecular flexibility index (Phi) is 4.53. The lowest BCUT2D eigenvalue weighted by atomic mass is 10.4. The van der Waals surface area contributed by atoms with Crippen molar-refractivity contribution in [2.75, 3.05) is 6.54 Å². The summed E-state index contributed by atoms with van der Waals surface area (Å²) >= 11 is 0. The normalized spacial score (nSPS) is 10.8. The van der Waals surface area contributed by atoms with E-state index in [0.29, 0.717) is 6.54 Å². The minimum Gasteiger partial charge on any atom is -0.365 e. The van der Waals surface area contributed by atoms with E-state index in [2.05, 4.69) is 5.32 Å². The summed E-state index contributed by atoms with van der Waals surface area (Å²) in [6, 6.07) is 0. The van der Waals surface area contributed by atoms with Crippen molar-refractivity contribution in [1.29, 1.82) is 0 Å². The van der Waals surface area contributed by atoms with Gasteiger partial charge in [-0.1, -0.05) is 0 Å². The summed E-state index contributed by atoms with van der Waals surface area (Å²) in [6.07, 6.45) is 0.515. The zero-order valence-electron chi connectivity index (χ0n) is 5.74. The number of amides is 1. The Morgan fingerprint density at radius 2 is 2.30 bits per heavy atom. The van der Waals surface area contributed by atoms with E-state index < -0.39 is 6.29 Å². The molecule has 58 valence electrons. The molecule has 0 aromatic rings. The number of carbonyl (C=O) groups excluding carboxylic acids is 1. The number of likely N-dealkylation sites (N-methyl/N-ethyl adjacent to an activating group) is 1. The highest BCUT2D eigenvalue weighted by molar-refractivity contribution is 5.87. The highest BCUT2D eigenvalue weighted by Gasteiger charge is 1.92. The van der Waals surface area contributed by atoms with Crippen molar-refractivity contribution in [3.63, 3.8) is 0 Å². The van der Waals surface area contributed by atoms with Crippen LogP contribution in [0, 0.1) is 0 Å². The molecule has 0 bridgehead atoms. The molecular weight excluding hydrogens is 134 g/mol. The van der Waals surface area contributed by atoms with Gasteiger partial charge < -0.3 is 15.5 Å². The number of aliphatic hydroxyl groups excluding tert-OH is 1. The first-order valence-electron chi connectivity index (χ1n) is 2.99. The van der Waals surface area contributed by atoms with Crippen LogP contribution in [0.1, 0.15) is 6.92 Å². The van der Waals surface area contributed by atoms with Crippen LogP contribution in [0.2, 0.25) is 0 Å². The smallest absolute Gasteiger partial charge is 0.243 e. The fraction of sp³-hybridized carbons (Fsp3) is 0.500. The van der Waals surface area contributed by atoms with Crippen LogP contribution in [0.15, 0.2) is 12.2 Å². The van der Waals surface area contributed by atoms with Gasteiger partial charge in [0, 0.05) is 12.6 Å². The third-order valence-corrected chi connectivity index (χ3v) is 0.771. The summed E-state index contributed by atoms with van der Waals surface area (Å²) in [7, 11) is 0. The average Bonchev–Trinajstić information content (AvgIpc) is 1.85. The second-order valence-electron chi connectivity index (χ2n) is 1.67. The Balaban J connectivity index is 3.56. The lowest BCUT2D eigenvalue weighted by Crippen LogP contribution is -2.20. The molecule has 0 aliphatic carbocycles. The van der Waals surface area contributed by atoms with Gasteiger partial charge in [-0.25, -0.2) is 0 Å². The molecule has 0 saturated heterocycles. The summed E-state index contributed by atoms with van der Waals surface area (Å²) in [5, 5.41) is 19.0. The monoisotopic (exact) mass is 145 g/mol. The number of aliphatic hydroxyl groups is 2. The predicted octanol–water partition coefficient (Wildman–Crippen LogP) is -1.01. The van der Waals surface area contributed by atoms with Gasteiger partial charge in [0.15, 0.2) is 6.29 Å². The predicted molar refractivity (Wildman–Crippen MR) is 36.0 cm³/mol. The van der Waals surface area contributed by atoms with Crippen molar-refractivity contribution >= 4 is 5.91 Å². The molecule has 0 unspecified atom stereocenters. The maximum absolute atomic E-state index is 10.5. The average molecular weight is 145 g/mol. The second kappa shape index (κ2) is 4.96. The molecule has 0 aromatic heterocycles. The fourth-order valence-electron chi connectivity index (χ4n) is 0.407. The molecule has 0 radical (unpaired) electrons. The lowest BCUT2D eigenvalue weighted by Gasteiger charge is -1.95. The van der Waals surface area contributed by atoms with Crippen molar-refractivity contribution in [2.24, 2.45) is 0 Å². The minimum absolute atomic E-state index is 0.324. The molecule has 0 aromatic carbocycles.